The third-order valence-corrected chi connectivity index (χ3v) is 6.72. The van der Waals surface area contributed by atoms with E-state index in [0.717, 1.165) is 17.7 Å². The number of hydrogen-bond acceptors (Lipinski definition) is 3. The van der Waals surface area contributed by atoms with Crippen molar-refractivity contribution in [3.8, 4) is 0 Å². The number of carbonyl (C=O) groups is 2. The number of carbonyl (C=O) groups excluding carboxylic acids is 2. The number of cyclic esters (lactones) is 1. The van der Waals surface area contributed by atoms with Crippen LogP contribution in [0.2, 0.25) is 0 Å². The minimum Gasteiger partial charge on any atom is -0.439 e. The largest absolute Gasteiger partial charge is 0.439 e. The summed E-state index contributed by atoms with van der Waals surface area (Å²) < 4.78 is 45.3. The third-order valence-electron chi connectivity index (χ3n) is 5.66. The second-order valence-corrected chi connectivity index (χ2v) is 9.31. The molecule has 0 saturated carbocycles. The highest BCUT2D eigenvalue weighted by molar-refractivity contribution is 9.10. The SMILES string of the molecule is CCC(Br)C(=O)c1ccc(C)cc1CN1C(=O)O[C@H](c2cc(C)cc(C(F)(F)F)c2)[C@@H]1C. The zero-order chi connectivity index (χ0) is 23.8. The molecule has 1 aliphatic heterocycles. The van der Waals surface area contributed by atoms with Crippen LogP contribution in [0.5, 0.6) is 0 Å². The Bertz CT molecular complexity index is 1040. The van der Waals surface area contributed by atoms with Gasteiger partial charge in [0.25, 0.3) is 0 Å². The Hall–Kier alpha value is -2.35. The van der Waals surface area contributed by atoms with Crippen molar-refractivity contribution in [2.24, 2.45) is 0 Å². The lowest BCUT2D eigenvalue weighted by molar-refractivity contribution is -0.137. The normalized spacial score (nSPS) is 19.8. The molecule has 2 aromatic rings. The lowest BCUT2D eigenvalue weighted by Crippen LogP contribution is -2.32. The summed E-state index contributed by atoms with van der Waals surface area (Å²) in [5.41, 5.74) is 2.09. The highest BCUT2D eigenvalue weighted by Gasteiger charge is 2.41. The molecule has 1 unspecified atom stereocenters. The van der Waals surface area contributed by atoms with Crippen molar-refractivity contribution in [3.05, 3.63) is 69.8 Å². The van der Waals surface area contributed by atoms with Crippen molar-refractivity contribution in [2.45, 2.75) is 63.8 Å². The predicted octanol–water partition coefficient (Wildman–Crippen LogP) is 6.76. The van der Waals surface area contributed by atoms with Crippen LogP contribution in [-0.4, -0.2) is 27.6 Å². The van der Waals surface area contributed by atoms with Crippen LogP contribution in [0.15, 0.2) is 36.4 Å². The molecule has 0 aromatic heterocycles. The second kappa shape index (κ2) is 9.25. The minimum absolute atomic E-state index is 0.0761. The van der Waals surface area contributed by atoms with E-state index in [1.165, 1.54) is 4.90 Å². The van der Waals surface area contributed by atoms with Gasteiger partial charge in [-0.25, -0.2) is 4.79 Å². The van der Waals surface area contributed by atoms with Crippen LogP contribution in [-0.2, 0) is 17.5 Å². The molecule has 32 heavy (non-hydrogen) atoms. The first kappa shape index (κ1) is 24.3. The van der Waals surface area contributed by atoms with E-state index < -0.39 is 30.0 Å². The molecule has 2 aromatic carbocycles. The van der Waals surface area contributed by atoms with Gasteiger partial charge >= 0.3 is 12.3 Å². The molecule has 0 N–H and O–H groups in total. The van der Waals surface area contributed by atoms with E-state index >= 15 is 0 Å². The first-order chi connectivity index (χ1) is 14.9. The maximum atomic E-state index is 13.3. The molecule has 0 bridgehead atoms. The minimum atomic E-state index is -4.49. The van der Waals surface area contributed by atoms with Crippen LogP contribution in [0, 0.1) is 13.8 Å². The number of Topliss-reactive ketones (excluding diaryl/α,β-unsaturated/α-hetero) is 1. The van der Waals surface area contributed by atoms with Crippen LogP contribution in [0.25, 0.3) is 0 Å². The van der Waals surface area contributed by atoms with E-state index in [0.29, 0.717) is 28.7 Å². The number of benzene rings is 2. The van der Waals surface area contributed by atoms with Crippen molar-refractivity contribution in [2.75, 3.05) is 0 Å². The fourth-order valence-corrected chi connectivity index (χ4v) is 4.18. The lowest BCUT2D eigenvalue weighted by Gasteiger charge is -2.23. The molecule has 0 radical (unpaired) electrons. The number of rotatable bonds is 6. The molecule has 0 spiro atoms. The molecule has 8 heteroatoms. The van der Waals surface area contributed by atoms with Gasteiger partial charge in [-0.05, 0) is 50.5 Å². The predicted molar refractivity (Wildman–Crippen MR) is 119 cm³/mol. The van der Waals surface area contributed by atoms with Crippen molar-refractivity contribution in [3.63, 3.8) is 0 Å². The molecule has 1 amide bonds. The molecule has 4 nitrogen and oxygen atoms in total. The molecular weight excluding hydrogens is 487 g/mol. The number of ketones is 1. The van der Waals surface area contributed by atoms with Crippen LogP contribution in [0.3, 0.4) is 0 Å². The third kappa shape index (κ3) is 5.00. The van der Waals surface area contributed by atoms with Crippen LogP contribution < -0.4 is 0 Å². The monoisotopic (exact) mass is 511 g/mol. The Morgan fingerprint density at radius 3 is 2.47 bits per heavy atom. The summed E-state index contributed by atoms with van der Waals surface area (Å²) in [5, 5.41) is 0. The molecule has 0 aliphatic carbocycles. The van der Waals surface area contributed by atoms with E-state index in [2.05, 4.69) is 15.9 Å². The first-order valence-electron chi connectivity index (χ1n) is 10.4. The second-order valence-electron chi connectivity index (χ2n) is 8.20. The first-order valence-corrected chi connectivity index (χ1v) is 11.3. The summed E-state index contributed by atoms with van der Waals surface area (Å²) in [4.78, 5) is 26.6. The zero-order valence-corrected chi connectivity index (χ0v) is 19.9. The molecule has 1 saturated heterocycles. The maximum absolute atomic E-state index is 13.3. The topological polar surface area (TPSA) is 46.6 Å². The molecule has 172 valence electrons. The van der Waals surface area contributed by atoms with Gasteiger partial charge in [-0.15, -0.1) is 0 Å². The Kier molecular flexibility index (Phi) is 7.03. The quantitative estimate of drug-likeness (QED) is 0.318. The Balaban J connectivity index is 1.92. The number of alkyl halides is 4. The molecule has 3 atom stereocenters. The number of aryl methyl sites for hydroxylation is 2. The van der Waals surface area contributed by atoms with Gasteiger partial charge in [0, 0.05) is 5.56 Å². The Morgan fingerprint density at radius 1 is 1.16 bits per heavy atom. The summed E-state index contributed by atoms with van der Waals surface area (Å²) >= 11 is 3.39. The Morgan fingerprint density at radius 2 is 1.84 bits per heavy atom. The average molecular weight is 512 g/mol. The maximum Gasteiger partial charge on any atom is 0.416 e. The summed E-state index contributed by atoms with van der Waals surface area (Å²) in [7, 11) is 0. The zero-order valence-electron chi connectivity index (χ0n) is 18.3. The van der Waals surface area contributed by atoms with Gasteiger partial charge in [-0.3, -0.25) is 9.69 Å². The molecule has 1 heterocycles. The van der Waals surface area contributed by atoms with Gasteiger partial charge < -0.3 is 4.74 Å². The van der Waals surface area contributed by atoms with Gasteiger partial charge in [0.15, 0.2) is 5.78 Å². The van der Waals surface area contributed by atoms with Gasteiger partial charge in [0.05, 0.1) is 23.0 Å². The lowest BCUT2D eigenvalue weighted by atomic mass is 9.96. The van der Waals surface area contributed by atoms with Gasteiger partial charge in [-0.2, -0.15) is 13.2 Å². The van der Waals surface area contributed by atoms with E-state index in [1.807, 2.05) is 26.0 Å². The fourth-order valence-electron chi connectivity index (χ4n) is 3.93. The number of nitrogens with zero attached hydrogens (tertiary/aromatic N) is 1. The molecule has 1 fully saturated rings. The van der Waals surface area contributed by atoms with E-state index in [-0.39, 0.29) is 17.2 Å². The van der Waals surface area contributed by atoms with Crippen molar-refractivity contribution in [1.82, 2.24) is 4.90 Å². The summed E-state index contributed by atoms with van der Waals surface area (Å²) in [6.07, 6.45) is -5.34. The van der Waals surface area contributed by atoms with Crippen LogP contribution >= 0.6 is 15.9 Å². The van der Waals surface area contributed by atoms with Crippen molar-refractivity contribution < 1.29 is 27.5 Å². The highest BCUT2D eigenvalue weighted by atomic mass is 79.9. The van der Waals surface area contributed by atoms with Gasteiger partial charge in [0.1, 0.15) is 6.10 Å². The number of amides is 1. The molecular formula is C24H25BrF3NO3. The number of ether oxygens (including phenoxy) is 1. The number of halogens is 4. The number of hydrogen-bond donors (Lipinski definition) is 0. The average Bonchev–Trinajstić information content (AvgIpc) is 3.00. The van der Waals surface area contributed by atoms with Crippen LogP contribution in [0.4, 0.5) is 18.0 Å². The smallest absolute Gasteiger partial charge is 0.416 e. The molecule has 3 rings (SSSR count). The fraction of sp³-hybridized carbons (Fsp3) is 0.417. The van der Waals surface area contributed by atoms with Gasteiger partial charge in [-0.1, -0.05) is 58.2 Å². The highest BCUT2D eigenvalue weighted by Crippen LogP contribution is 2.38. The summed E-state index contributed by atoms with van der Waals surface area (Å²) in [5.74, 6) is -0.0761. The van der Waals surface area contributed by atoms with E-state index in [4.69, 9.17) is 4.74 Å². The summed E-state index contributed by atoms with van der Waals surface area (Å²) in [6, 6.07) is 8.62. The van der Waals surface area contributed by atoms with Gasteiger partial charge in [0.2, 0.25) is 0 Å². The standard InChI is InChI=1S/C24H25BrF3NO3/c1-5-20(25)21(30)19-7-6-13(2)8-17(19)12-29-15(4)22(32-23(29)31)16-9-14(3)10-18(11-16)24(26,27)28/h6-11,15,20,22H,5,12H2,1-4H3/t15-,20?,22-/m0/s1. The molecule has 1 aliphatic rings. The van der Waals surface area contributed by atoms with E-state index in [9.17, 15) is 22.8 Å². The van der Waals surface area contributed by atoms with Crippen LogP contribution in [0.1, 0.15) is 64.5 Å². The summed E-state index contributed by atoms with van der Waals surface area (Å²) in [6.45, 7) is 7.23. The van der Waals surface area contributed by atoms with Crippen molar-refractivity contribution >= 4 is 27.8 Å². The Labute approximate surface area is 193 Å². The van der Waals surface area contributed by atoms with E-state index in [1.54, 1.807) is 26.0 Å². The van der Waals surface area contributed by atoms with Crippen molar-refractivity contribution in [1.29, 1.82) is 0 Å².